The normalized spacial score (nSPS) is 9.58. The molecule has 0 aromatic heterocycles. The van der Waals surface area contributed by atoms with Crippen LogP contribution >= 0.6 is 0 Å². The van der Waals surface area contributed by atoms with Gasteiger partial charge in [0, 0.05) is 31.0 Å². The highest BCUT2D eigenvalue weighted by molar-refractivity contribution is 5.98. The number of hydrogen-bond donors (Lipinski definition) is 2. The lowest BCUT2D eigenvalue weighted by Crippen LogP contribution is -2.24. The fourth-order valence-electron chi connectivity index (χ4n) is 2.29. The largest absolute Gasteiger partial charge is 0.355 e. The van der Waals surface area contributed by atoms with Crippen LogP contribution in [-0.2, 0) is 4.79 Å². The second-order valence-electron chi connectivity index (χ2n) is 5.49. The Balaban J connectivity index is 1.82. The van der Waals surface area contributed by atoms with Gasteiger partial charge in [-0.15, -0.1) is 0 Å². The molecule has 0 saturated heterocycles. The van der Waals surface area contributed by atoms with Crippen LogP contribution in [0.2, 0.25) is 0 Å². The lowest BCUT2D eigenvalue weighted by molar-refractivity contribution is -0.120. The lowest BCUT2D eigenvalue weighted by Gasteiger charge is -2.03. The maximum absolute atomic E-state index is 11.9. The highest BCUT2D eigenvalue weighted by Crippen LogP contribution is 2.07. The van der Waals surface area contributed by atoms with Crippen molar-refractivity contribution in [1.82, 2.24) is 10.6 Å². The average molecular weight is 348 g/mol. The summed E-state index contributed by atoms with van der Waals surface area (Å²) >= 11 is 0. The van der Waals surface area contributed by atoms with Gasteiger partial charge in [-0.2, -0.15) is 0 Å². The van der Waals surface area contributed by atoms with Crippen molar-refractivity contribution in [2.45, 2.75) is 12.8 Å². The van der Waals surface area contributed by atoms with Crippen LogP contribution in [-0.4, -0.2) is 31.2 Å². The molecule has 2 aromatic carbocycles. The van der Waals surface area contributed by atoms with E-state index in [9.17, 15) is 14.4 Å². The van der Waals surface area contributed by atoms with E-state index in [0.29, 0.717) is 16.7 Å². The summed E-state index contributed by atoms with van der Waals surface area (Å²) in [4.78, 5) is 35.5. The van der Waals surface area contributed by atoms with Crippen molar-refractivity contribution in [1.29, 1.82) is 0 Å². The number of rotatable bonds is 6. The molecular formula is C21H20N2O3. The van der Waals surface area contributed by atoms with Crippen LogP contribution in [0.25, 0.3) is 0 Å². The second-order valence-corrected chi connectivity index (χ2v) is 5.49. The van der Waals surface area contributed by atoms with E-state index in [0.717, 1.165) is 0 Å². The van der Waals surface area contributed by atoms with E-state index in [-0.39, 0.29) is 37.0 Å². The number of carbonyl (C=O) groups excluding carboxylic acids is 3. The predicted molar refractivity (Wildman–Crippen MR) is 99.7 cm³/mol. The van der Waals surface area contributed by atoms with Gasteiger partial charge in [-0.1, -0.05) is 54.3 Å². The summed E-state index contributed by atoms with van der Waals surface area (Å²) < 4.78 is 0. The van der Waals surface area contributed by atoms with Crippen molar-refractivity contribution >= 4 is 17.6 Å². The van der Waals surface area contributed by atoms with Gasteiger partial charge in [0.05, 0.1) is 12.1 Å². The molecular weight excluding hydrogens is 328 g/mol. The van der Waals surface area contributed by atoms with E-state index >= 15 is 0 Å². The molecule has 0 heterocycles. The van der Waals surface area contributed by atoms with Gasteiger partial charge < -0.3 is 10.6 Å². The zero-order chi connectivity index (χ0) is 18.8. The monoisotopic (exact) mass is 348 g/mol. The average Bonchev–Trinajstić information content (AvgIpc) is 2.69. The minimum absolute atomic E-state index is 0.0636. The SMILES string of the molecule is CNC(=O)c1ccccc1C#CCNC(=O)CCC(=O)c1ccccc1. The summed E-state index contributed by atoms with van der Waals surface area (Å²) in [6.07, 6.45) is 0.271. The first-order valence-corrected chi connectivity index (χ1v) is 8.26. The quantitative estimate of drug-likeness (QED) is 0.621. The zero-order valence-electron chi connectivity index (χ0n) is 14.5. The third kappa shape index (κ3) is 5.60. The van der Waals surface area contributed by atoms with Crippen molar-refractivity contribution in [3.63, 3.8) is 0 Å². The van der Waals surface area contributed by atoms with Crippen LogP contribution in [0.5, 0.6) is 0 Å². The summed E-state index contributed by atoms with van der Waals surface area (Å²) in [5.74, 6) is 5.20. The number of benzene rings is 2. The number of hydrogen-bond acceptors (Lipinski definition) is 3. The molecule has 132 valence electrons. The topological polar surface area (TPSA) is 75.3 Å². The number of carbonyl (C=O) groups is 3. The van der Waals surface area contributed by atoms with Crippen LogP contribution in [0.15, 0.2) is 54.6 Å². The minimum Gasteiger partial charge on any atom is -0.355 e. The molecule has 5 nitrogen and oxygen atoms in total. The Hall–Kier alpha value is -3.39. The Kier molecular flexibility index (Phi) is 7.14. The summed E-state index contributed by atoms with van der Waals surface area (Å²) in [6.45, 7) is 0.153. The van der Waals surface area contributed by atoms with Gasteiger partial charge in [-0.25, -0.2) is 0 Å². The summed E-state index contributed by atoms with van der Waals surface area (Å²) in [5.41, 5.74) is 1.69. The van der Waals surface area contributed by atoms with E-state index in [1.54, 1.807) is 55.6 Å². The van der Waals surface area contributed by atoms with Crippen molar-refractivity contribution in [3.8, 4) is 11.8 Å². The molecule has 0 unspecified atom stereocenters. The van der Waals surface area contributed by atoms with E-state index < -0.39 is 0 Å². The molecule has 2 rings (SSSR count). The van der Waals surface area contributed by atoms with Crippen LogP contribution < -0.4 is 10.6 Å². The molecule has 0 aliphatic carbocycles. The zero-order valence-corrected chi connectivity index (χ0v) is 14.5. The van der Waals surface area contributed by atoms with Crippen LogP contribution in [0.1, 0.15) is 39.1 Å². The highest BCUT2D eigenvalue weighted by Gasteiger charge is 2.08. The number of Topliss-reactive ketones (excluding diaryl/α,β-unsaturated/α-hetero) is 1. The number of nitrogens with one attached hydrogen (secondary N) is 2. The van der Waals surface area contributed by atoms with Crippen molar-refractivity contribution in [2.24, 2.45) is 0 Å². The van der Waals surface area contributed by atoms with E-state index in [1.165, 1.54) is 0 Å². The molecule has 0 atom stereocenters. The van der Waals surface area contributed by atoms with Crippen molar-refractivity contribution in [3.05, 3.63) is 71.3 Å². The Morgan fingerprint density at radius 3 is 2.35 bits per heavy atom. The molecule has 0 fully saturated rings. The molecule has 2 aromatic rings. The third-order valence-corrected chi connectivity index (χ3v) is 3.67. The maximum atomic E-state index is 11.9. The Morgan fingerprint density at radius 1 is 0.923 bits per heavy atom. The minimum atomic E-state index is -0.233. The molecule has 0 bridgehead atoms. The fraction of sp³-hybridized carbons (Fsp3) is 0.190. The first-order valence-electron chi connectivity index (χ1n) is 8.26. The maximum Gasteiger partial charge on any atom is 0.252 e. The van der Waals surface area contributed by atoms with E-state index in [4.69, 9.17) is 0 Å². The van der Waals surface area contributed by atoms with Gasteiger partial charge in [-0.05, 0) is 12.1 Å². The van der Waals surface area contributed by atoms with Crippen LogP contribution in [0.3, 0.4) is 0 Å². The van der Waals surface area contributed by atoms with Gasteiger partial charge in [0.1, 0.15) is 0 Å². The molecule has 26 heavy (non-hydrogen) atoms. The predicted octanol–water partition coefficient (Wildman–Crippen LogP) is 2.18. The number of ketones is 1. The first-order chi connectivity index (χ1) is 12.6. The molecule has 2 N–H and O–H groups in total. The lowest BCUT2D eigenvalue weighted by atomic mass is 10.1. The molecule has 0 spiro atoms. The van der Waals surface area contributed by atoms with Crippen molar-refractivity contribution < 1.29 is 14.4 Å². The van der Waals surface area contributed by atoms with Crippen LogP contribution in [0.4, 0.5) is 0 Å². The van der Waals surface area contributed by atoms with Gasteiger partial charge in [0.15, 0.2) is 5.78 Å². The highest BCUT2D eigenvalue weighted by atomic mass is 16.2. The number of amides is 2. The molecule has 0 aliphatic heterocycles. The van der Waals surface area contributed by atoms with Gasteiger partial charge in [-0.3, -0.25) is 14.4 Å². The van der Waals surface area contributed by atoms with Gasteiger partial charge in [0.25, 0.3) is 5.91 Å². The Labute approximate surface area is 152 Å². The van der Waals surface area contributed by atoms with E-state index in [1.807, 2.05) is 6.07 Å². The first kappa shape index (κ1) is 18.9. The standard InChI is InChI=1S/C21H20N2O3/c1-22-21(26)18-12-6-5-8-16(18)11-7-15-23-20(25)14-13-19(24)17-9-3-2-4-10-17/h2-6,8-10,12H,13-15H2,1H3,(H,22,26)(H,23,25). The summed E-state index contributed by atoms with van der Waals surface area (Å²) in [7, 11) is 1.56. The third-order valence-electron chi connectivity index (χ3n) is 3.67. The molecule has 2 amide bonds. The smallest absolute Gasteiger partial charge is 0.252 e. The van der Waals surface area contributed by atoms with Gasteiger partial charge in [0.2, 0.25) is 5.91 Å². The second kappa shape index (κ2) is 9.80. The molecule has 0 saturated carbocycles. The van der Waals surface area contributed by atoms with Crippen LogP contribution in [0, 0.1) is 11.8 Å². The summed E-state index contributed by atoms with van der Waals surface area (Å²) in [6, 6.07) is 15.9. The van der Waals surface area contributed by atoms with Gasteiger partial charge >= 0.3 is 0 Å². The molecule has 0 aliphatic rings. The Bertz CT molecular complexity index is 848. The van der Waals surface area contributed by atoms with Crippen molar-refractivity contribution in [2.75, 3.05) is 13.6 Å². The molecule has 5 heteroatoms. The fourth-order valence-corrected chi connectivity index (χ4v) is 2.29. The Morgan fingerprint density at radius 2 is 1.62 bits per heavy atom. The summed E-state index contributed by atoms with van der Waals surface area (Å²) in [5, 5.41) is 5.22. The van der Waals surface area contributed by atoms with E-state index in [2.05, 4.69) is 22.5 Å². The molecule has 0 radical (unpaired) electrons.